The van der Waals surface area contributed by atoms with Gasteiger partial charge in [0.25, 0.3) is 0 Å². The van der Waals surface area contributed by atoms with E-state index < -0.39 is 0 Å². The summed E-state index contributed by atoms with van der Waals surface area (Å²) in [5.74, 6) is 1.81. The van der Waals surface area contributed by atoms with Crippen molar-refractivity contribution in [2.45, 2.75) is 10.1 Å². The van der Waals surface area contributed by atoms with E-state index in [0.717, 1.165) is 15.0 Å². The summed E-state index contributed by atoms with van der Waals surface area (Å²) in [6, 6.07) is 1.97. The van der Waals surface area contributed by atoms with Crippen LogP contribution >= 0.6 is 34.4 Å². The fourth-order valence-corrected chi connectivity index (χ4v) is 3.49. The summed E-state index contributed by atoms with van der Waals surface area (Å²) in [6.45, 7) is 0. The Morgan fingerprint density at radius 2 is 2.37 bits per heavy atom. The number of hydrogen-bond acceptors (Lipinski definition) is 9. The van der Waals surface area contributed by atoms with E-state index in [0.29, 0.717) is 17.5 Å². The third-order valence-corrected chi connectivity index (χ3v) is 4.93. The lowest BCUT2D eigenvalue weighted by Crippen LogP contribution is -1.84. The van der Waals surface area contributed by atoms with E-state index in [4.69, 9.17) is 4.52 Å². The van der Waals surface area contributed by atoms with Gasteiger partial charge in [-0.25, -0.2) is 0 Å². The van der Waals surface area contributed by atoms with Crippen molar-refractivity contribution in [3.05, 3.63) is 22.7 Å². The van der Waals surface area contributed by atoms with Gasteiger partial charge in [-0.15, -0.1) is 10.2 Å². The monoisotopic (exact) mass is 311 g/mol. The molecule has 0 amide bonds. The number of nitrogens with one attached hydrogen (secondary N) is 1. The lowest BCUT2D eigenvalue weighted by molar-refractivity contribution is 0.391. The second-order valence-corrected chi connectivity index (χ2v) is 6.42. The fraction of sp³-hybridized carbons (Fsp3) is 0.200. The zero-order valence-electron chi connectivity index (χ0n) is 9.86. The predicted molar refractivity (Wildman–Crippen MR) is 76.6 cm³/mol. The van der Waals surface area contributed by atoms with Crippen molar-refractivity contribution < 1.29 is 4.52 Å². The minimum atomic E-state index is 0.590. The summed E-state index contributed by atoms with van der Waals surface area (Å²) >= 11 is 4.64. The Labute approximate surface area is 121 Å². The minimum Gasteiger partial charge on any atom is -0.363 e. The summed E-state index contributed by atoms with van der Waals surface area (Å²) in [5, 5.41) is 19.7. The minimum absolute atomic E-state index is 0.590. The van der Waals surface area contributed by atoms with Crippen molar-refractivity contribution in [1.29, 1.82) is 0 Å². The predicted octanol–water partition coefficient (Wildman–Crippen LogP) is 2.98. The number of hydrogen-bond donors (Lipinski definition) is 1. The summed E-state index contributed by atoms with van der Waals surface area (Å²) in [4.78, 5) is 4.34. The van der Waals surface area contributed by atoms with Gasteiger partial charge in [0.05, 0.1) is 5.75 Å². The Balaban J connectivity index is 1.64. The van der Waals surface area contributed by atoms with Crippen molar-refractivity contribution in [3.8, 4) is 11.4 Å². The highest BCUT2D eigenvalue weighted by molar-refractivity contribution is 8.00. The molecule has 0 spiro atoms. The van der Waals surface area contributed by atoms with Crippen LogP contribution < -0.4 is 5.32 Å². The maximum atomic E-state index is 5.21. The molecule has 0 unspecified atom stereocenters. The molecule has 3 rings (SSSR count). The summed E-state index contributed by atoms with van der Waals surface area (Å²) < 4.78 is 6.08. The molecule has 1 N–H and O–H groups in total. The normalized spacial score (nSPS) is 10.8. The molecule has 0 aromatic carbocycles. The van der Waals surface area contributed by atoms with E-state index in [9.17, 15) is 0 Å². The Hall–Kier alpha value is -1.45. The second kappa shape index (κ2) is 5.68. The first-order chi connectivity index (χ1) is 9.35. The summed E-state index contributed by atoms with van der Waals surface area (Å²) in [5.41, 5.74) is 0.985. The van der Waals surface area contributed by atoms with Crippen LogP contribution in [0.1, 0.15) is 5.89 Å². The van der Waals surface area contributed by atoms with Crippen LogP contribution in [-0.2, 0) is 5.75 Å². The van der Waals surface area contributed by atoms with Gasteiger partial charge in [0.15, 0.2) is 4.34 Å². The number of thiophene rings is 1. The summed E-state index contributed by atoms with van der Waals surface area (Å²) in [7, 11) is 1.82. The van der Waals surface area contributed by atoms with Crippen LogP contribution in [0, 0.1) is 0 Å². The number of aromatic nitrogens is 4. The van der Waals surface area contributed by atoms with Crippen LogP contribution in [-0.4, -0.2) is 27.4 Å². The third kappa shape index (κ3) is 2.94. The molecular formula is C10H9N5OS3. The highest BCUT2D eigenvalue weighted by Crippen LogP contribution is 2.28. The van der Waals surface area contributed by atoms with Crippen molar-refractivity contribution >= 4 is 39.6 Å². The lowest BCUT2D eigenvalue weighted by Gasteiger charge is -1.89. The van der Waals surface area contributed by atoms with E-state index in [1.165, 1.54) is 23.1 Å². The molecule has 9 heteroatoms. The maximum absolute atomic E-state index is 5.21. The molecule has 3 aromatic rings. The van der Waals surface area contributed by atoms with Crippen molar-refractivity contribution in [3.63, 3.8) is 0 Å². The quantitative estimate of drug-likeness (QED) is 0.726. The zero-order valence-corrected chi connectivity index (χ0v) is 12.3. The molecule has 3 heterocycles. The highest BCUT2D eigenvalue weighted by Gasteiger charge is 2.11. The first-order valence-corrected chi connectivity index (χ1v) is 8.09. The van der Waals surface area contributed by atoms with Crippen LogP contribution in [0.2, 0.25) is 0 Å². The molecular weight excluding hydrogens is 302 g/mol. The molecule has 0 saturated heterocycles. The van der Waals surface area contributed by atoms with Gasteiger partial charge in [0, 0.05) is 18.0 Å². The SMILES string of the molecule is CNc1nnc(SCc2nc(-c3ccsc3)no2)s1. The number of nitrogens with zero attached hydrogens (tertiary/aromatic N) is 4. The molecule has 0 aliphatic carbocycles. The molecule has 0 aliphatic rings. The van der Waals surface area contributed by atoms with E-state index in [1.807, 2.05) is 23.9 Å². The molecule has 0 bridgehead atoms. The van der Waals surface area contributed by atoms with Gasteiger partial charge in [-0.2, -0.15) is 16.3 Å². The van der Waals surface area contributed by atoms with Gasteiger partial charge in [0.2, 0.25) is 16.8 Å². The van der Waals surface area contributed by atoms with Gasteiger partial charge in [-0.3, -0.25) is 0 Å². The van der Waals surface area contributed by atoms with Crippen LogP contribution in [0.5, 0.6) is 0 Å². The van der Waals surface area contributed by atoms with E-state index in [1.54, 1.807) is 11.3 Å². The molecule has 3 aromatic heterocycles. The van der Waals surface area contributed by atoms with E-state index in [2.05, 4.69) is 25.7 Å². The molecule has 0 radical (unpaired) electrons. The molecule has 0 fully saturated rings. The summed E-state index contributed by atoms with van der Waals surface area (Å²) in [6.07, 6.45) is 0. The Morgan fingerprint density at radius 3 is 3.11 bits per heavy atom. The number of thioether (sulfide) groups is 1. The maximum Gasteiger partial charge on any atom is 0.237 e. The highest BCUT2D eigenvalue weighted by atomic mass is 32.2. The second-order valence-electron chi connectivity index (χ2n) is 3.44. The number of anilines is 1. The topological polar surface area (TPSA) is 76.7 Å². The molecule has 0 atom stereocenters. The van der Waals surface area contributed by atoms with Crippen LogP contribution in [0.25, 0.3) is 11.4 Å². The van der Waals surface area contributed by atoms with Crippen molar-refractivity contribution in [2.75, 3.05) is 12.4 Å². The van der Waals surface area contributed by atoms with Gasteiger partial charge >= 0.3 is 0 Å². The van der Waals surface area contributed by atoms with Gasteiger partial charge < -0.3 is 9.84 Å². The third-order valence-electron chi connectivity index (χ3n) is 2.19. The van der Waals surface area contributed by atoms with Gasteiger partial charge in [-0.1, -0.05) is 28.3 Å². The van der Waals surface area contributed by atoms with Crippen molar-refractivity contribution in [2.24, 2.45) is 0 Å². The molecule has 0 saturated carbocycles. The van der Waals surface area contributed by atoms with Gasteiger partial charge in [-0.05, 0) is 11.4 Å². The Morgan fingerprint density at radius 1 is 1.42 bits per heavy atom. The first-order valence-electron chi connectivity index (χ1n) is 5.34. The average molecular weight is 311 g/mol. The van der Waals surface area contributed by atoms with Crippen LogP contribution in [0.3, 0.4) is 0 Å². The first kappa shape index (κ1) is 12.6. The Bertz CT molecular complexity index is 648. The van der Waals surface area contributed by atoms with Crippen LogP contribution in [0.4, 0.5) is 5.13 Å². The number of rotatable bonds is 5. The molecule has 0 aliphatic heterocycles. The smallest absolute Gasteiger partial charge is 0.237 e. The van der Waals surface area contributed by atoms with Crippen molar-refractivity contribution in [1.82, 2.24) is 20.3 Å². The fourth-order valence-electron chi connectivity index (χ4n) is 1.32. The van der Waals surface area contributed by atoms with Gasteiger partial charge in [0.1, 0.15) is 0 Å². The standard InChI is InChI=1S/C10H9N5OS3/c1-11-9-13-14-10(19-9)18-5-7-12-8(15-16-7)6-2-3-17-4-6/h2-4H,5H2,1H3,(H,11,13). The molecule has 98 valence electrons. The average Bonchev–Trinajstić information content (AvgIpc) is 3.16. The molecule has 6 nitrogen and oxygen atoms in total. The largest absolute Gasteiger partial charge is 0.363 e. The lowest BCUT2D eigenvalue weighted by atomic mass is 10.3. The Kier molecular flexibility index (Phi) is 3.76. The molecule has 19 heavy (non-hydrogen) atoms. The zero-order chi connectivity index (χ0) is 13.1. The van der Waals surface area contributed by atoms with Crippen LogP contribution in [0.15, 0.2) is 25.7 Å². The van der Waals surface area contributed by atoms with E-state index in [-0.39, 0.29) is 0 Å². The van der Waals surface area contributed by atoms with E-state index >= 15 is 0 Å².